The Morgan fingerprint density at radius 3 is 2.53 bits per heavy atom. The van der Waals surface area contributed by atoms with Crippen molar-refractivity contribution in [2.75, 3.05) is 7.11 Å². The van der Waals surface area contributed by atoms with E-state index in [0.717, 1.165) is 0 Å². The quantitative estimate of drug-likeness (QED) is 0.792. The SMILES string of the molecule is CCCC(C)(NC(=O)c1ccc(OC)nn1)C(=O)O. The maximum absolute atomic E-state index is 11.9. The molecule has 0 radical (unpaired) electrons. The normalized spacial score (nSPS) is 13.4. The minimum Gasteiger partial charge on any atom is -0.480 e. The number of methoxy groups -OCH3 is 1. The Hall–Kier alpha value is -2.18. The van der Waals surface area contributed by atoms with Crippen molar-refractivity contribution in [3.05, 3.63) is 17.8 Å². The number of carbonyl (C=O) groups is 2. The molecule has 1 aromatic rings. The minimum atomic E-state index is -1.31. The summed E-state index contributed by atoms with van der Waals surface area (Å²) in [5, 5.41) is 19.0. The lowest BCUT2D eigenvalue weighted by molar-refractivity contribution is -0.144. The van der Waals surface area contributed by atoms with Gasteiger partial charge >= 0.3 is 5.97 Å². The Bertz CT molecular complexity index is 461. The van der Waals surface area contributed by atoms with Crippen molar-refractivity contribution in [3.63, 3.8) is 0 Å². The van der Waals surface area contributed by atoms with Gasteiger partial charge in [0.05, 0.1) is 7.11 Å². The van der Waals surface area contributed by atoms with Crippen molar-refractivity contribution in [1.29, 1.82) is 0 Å². The van der Waals surface area contributed by atoms with Gasteiger partial charge < -0.3 is 15.2 Å². The third-order valence-corrected chi connectivity index (χ3v) is 2.69. The van der Waals surface area contributed by atoms with Gasteiger partial charge in [0.2, 0.25) is 5.88 Å². The summed E-state index contributed by atoms with van der Waals surface area (Å²) < 4.78 is 4.83. The van der Waals surface area contributed by atoms with Gasteiger partial charge in [-0.3, -0.25) is 4.79 Å². The number of hydrogen-bond donors (Lipinski definition) is 2. The predicted octanol–water partition coefficient (Wildman–Crippen LogP) is 0.858. The molecule has 0 bridgehead atoms. The molecule has 1 unspecified atom stereocenters. The lowest BCUT2D eigenvalue weighted by atomic mass is 9.96. The van der Waals surface area contributed by atoms with Crippen molar-refractivity contribution in [2.24, 2.45) is 0 Å². The lowest BCUT2D eigenvalue weighted by Crippen LogP contribution is -2.52. The number of carbonyl (C=O) groups excluding carboxylic acids is 1. The molecule has 1 amide bonds. The molecule has 1 rings (SSSR count). The summed E-state index contributed by atoms with van der Waals surface area (Å²) >= 11 is 0. The third-order valence-electron chi connectivity index (χ3n) is 2.69. The zero-order valence-electron chi connectivity index (χ0n) is 11.1. The molecule has 0 spiro atoms. The zero-order chi connectivity index (χ0) is 14.5. The largest absolute Gasteiger partial charge is 0.480 e. The number of nitrogens with zero attached hydrogens (tertiary/aromatic N) is 2. The van der Waals surface area contributed by atoms with Gasteiger partial charge in [-0.1, -0.05) is 13.3 Å². The molecule has 2 N–H and O–H groups in total. The molecule has 1 atom stereocenters. The number of aromatic nitrogens is 2. The molecule has 0 aliphatic carbocycles. The monoisotopic (exact) mass is 267 g/mol. The van der Waals surface area contributed by atoms with Crippen LogP contribution >= 0.6 is 0 Å². The van der Waals surface area contributed by atoms with Crippen LogP contribution in [0.25, 0.3) is 0 Å². The zero-order valence-corrected chi connectivity index (χ0v) is 11.1. The van der Waals surface area contributed by atoms with E-state index in [1.165, 1.54) is 26.2 Å². The van der Waals surface area contributed by atoms with Crippen LogP contribution in [0, 0.1) is 0 Å². The highest BCUT2D eigenvalue weighted by Crippen LogP contribution is 2.14. The summed E-state index contributed by atoms with van der Waals surface area (Å²) in [5.74, 6) is -1.37. The van der Waals surface area contributed by atoms with Crippen molar-refractivity contribution in [3.8, 4) is 5.88 Å². The van der Waals surface area contributed by atoms with E-state index in [1.807, 2.05) is 6.92 Å². The first-order valence-electron chi connectivity index (χ1n) is 5.86. The molecule has 7 heteroatoms. The summed E-state index contributed by atoms with van der Waals surface area (Å²) in [6.07, 6.45) is 0.967. The number of carboxylic acid groups (broad SMARTS) is 1. The summed E-state index contributed by atoms with van der Waals surface area (Å²) in [7, 11) is 1.44. The Balaban J connectivity index is 2.84. The highest BCUT2D eigenvalue weighted by molar-refractivity contribution is 5.96. The standard InChI is InChI=1S/C12H17N3O4/c1-4-7-12(2,11(17)18)13-10(16)8-5-6-9(19-3)15-14-8/h5-6H,4,7H2,1-3H3,(H,13,16)(H,17,18). The number of nitrogens with one attached hydrogen (secondary N) is 1. The topological polar surface area (TPSA) is 101 Å². The van der Waals surface area contributed by atoms with E-state index in [-0.39, 0.29) is 11.6 Å². The number of hydrogen-bond acceptors (Lipinski definition) is 5. The van der Waals surface area contributed by atoms with Gasteiger partial charge in [0, 0.05) is 6.07 Å². The first-order chi connectivity index (χ1) is 8.92. The van der Waals surface area contributed by atoms with E-state index in [0.29, 0.717) is 12.8 Å². The maximum atomic E-state index is 11.9. The molecule has 0 saturated carbocycles. The average molecular weight is 267 g/mol. The smallest absolute Gasteiger partial charge is 0.329 e. The number of ether oxygens (including phenoxy) is 1. The van der Waals surface area contributed by atoms with Crippen molar-refractivity contribution in [1.82, 2.24) is 15.5 Å². The molecule has 104 valence electrons. The second-order valence-corrected chi connectivity index (χ2v) is 4.30. The van der Waals surface area contributed by atoms with Crippen LogP contribution in [-0.2, 0) is 4.79 Å². The first-order valence-corrected chi connectivity index (χ1v) is 5.86. The Morgan fingerprint density at radius 2 is 2.11 bits per heavy atom. The molecule has 19 heavy (non-hydrogen) atoms. The minimum absolute atomic E-state index is 0.0457. The van der Waals surface area contributed by atoms with Crippen molar-refractivity contribution in [2.45, 2.75) is 32.2 Å². The van der Waals surface area contributed by atoms with Crippen LogP contribution in [-0.4, -0.2) is 39.8 Å². The van der Waals surface area contributed by atoms with Gasteiger partial charge in [0.25, 0.3) is 5.91 Å². The van der Waals surface area contributed by atoms with Gasteiger partial charge in [0.1, 0.15) is 5.54 Å². The molecule has 0 aromatic carbocycles. The molecular weight excluding hydrogens is 250 g/mol. The number of aliphatic carboxylic acids is 1. The number of rotatable bonds is 6. The molecule has 1 aromatic heterocycles. The fourth-order valence-electron chi connectivity index (χ4n) is 1.59. The van der Waals surface area contributed by atoms with E-state index < -0.39 is 17.4 Å². The van der Waals surface area contributed by atoms with Crippen molar-refractivity contribution >= 4 is 11.9 Å². The van der Waals surface area contributed by atoms with Crippen LogP contribution in [0.1, 0.15) is 37.2 Å². The van der Waals surface area contributed by atoms with Crippen LogP contribution < -0.4 is 10.1 Å². The molecule has 0 aliphatic rings. The van der Waals surface area contributed by atoms with Crippen LogP contribution in [0.2, 0.25) is 0 Å². The van der Waals surface area contributed by atoms with Gasteiger partial charge in [-0.05, 0) is 19.4 Å². The van der Waals surface area contributed by atoms with E-state index in [2.05, 4.69) is 15.5 Å². The van der Waals surface area contributed by atoms with E-state index in [9.17, 15) is 14.7 Å². The number of carboxylic acids is 1. The van der Waals surface area contributed by atoms with E-state index in [1.54, 1.807) is 0 Å². The van der Waals surface area contributed by atoms with Crippen LogP contribution in [0.4, 0.5) is 0 Å². The van der Waals surface area contributed by atoms with Crippen LogP contribution in [0.5, 0.6) is 5.88 Å². The first kappa shape index (κ1) is 14.9. The predicted molar refractivity (Wildman–Crippen MR) is 67.0 cm³/mol. The molecule has 1 heterocycles. The van der Waals surface area contributed by atoms with Gasteiger partial charge in [-0.15, -0.1) is 10.2 Å². The highest BCUT2D eigenvalue weighted by Gasteiger charge is 2.34. The molecule has 0 aliphatic heterocycles. The Kier molecular flexibility index (Phi) is 4.80. The molecule has 0 fully saturated rings. The summed E-state index contributed by atoms with van der Waals surface area (Å²) in [6, 6.07) is 2.91. The fraction of sp³-hybridized carbons (Fsp3) is 0.500. The lowest BCUT2D eigenvalue weighted by Gasteiger charge is -2.25. The summed E-state index contributed by atoms with van der Waals surface area (Å²) in [4.78, 5) is 23.1. The second-order valence-electron chi connectivity index (χ2n) is 4.30. The fourth-order valence-corrected chi connectivity index (χ4v) is 1.59. The Labute approximate surface area is 111 Å². The van der Waals surface area contributed by atoms with Crippen LogP contribution in [0.3, 0.4) is 0 Å². The van der Waals surface area contributed by atoms with Gasteiger partial charge in [0.15, 0.2) is 5.69 Å². The third kappa shape index (κ3) is 3.64. The number of amides is 1. The van der Waals surface area contributed by atoms with Gasteiger partial charge in [-0.25, -0.2) is 4.79 Å². The molecular formula is C12H17N3O4. The summed E-state index contributed by atoms with van der Waals surface area (Å²) in [6.45, 7) is 3.31. The van der Waals surface area contributed by atoms with Crippen LogP contribution in [0.15, 0.2) is 12.1 Å². The Morgan fingerprint density at radius 1 is 1.42 bits per heavy atom. The molecule has 0 saturated heterocycles. The highest BCUT2D eigenvalue weighted by atomic mass is 16.5. The van der Waals surface area contributed by atoms with Gasteiger partial charge in [-0.2, -0.15) is 0 Å². The van der Waals surface area contributed by atoms with Crippen molar-refractivity contribution < 1.29 is 19.4 Å². The average Bonchev–Trinajstić information content (AvgIpc) is 2.38. The van der Waals surface area contributed by atoms with E-state index in [4.69, 9.17) is 4.74 Å². The second kappa shape index (κ2) is 6.12. The summed E-state index contributed by atoms with van der Waals surface area (Å²) in [5.41, 5.74) is -1.27. The maximum Gasteiger partial charge on any atom is 0.329 e. The van der Waals surface area contributed by atoms with E-state index >= 15 is 0 Å². The molecule has 7 nitrogen and oxygen atoms in total.